The molecule has 10 nitrogen and oxygen atoms in total. The molecule has 0 aromatic heterocycles. The number of phenols is 1. The second-order valence-corrected chi connectivity index (χ2v) is 7.89. The minimum Gasteiger partial charge on any atom is -0.502 e. The van der Waals surface area contributed by atoms with E-state index >= 15 is 0 Å². The van der Waals surface area contributed by atoms with Crippen LogP contribution < -0.4 is 30.0 Å². The summed E-state index contributed by atoms with van der Waals surface area (Å²) in [5.41, 5.74) is 7.65. The summed E-state index contributed by atoms with van der Waals surface area (Å²) < 4.78 is 27.2. The molecule has 0 bridgehead atoms. The van der Waals surface area contributed by atoms with Gasteiger partial charge in [0, 0.05) is 11.8 Å². The van der Waals surface area contributed by atoms with E-state index < -0.39 is 23.9 Å². The molecule has 4 N–H and O–H groups in total. The number of carbonyl (C=O) groups is 2. The molecule has 2 aromatic carbocycles. The average molecular weight is 442 g/mol. The van der Waals surface area contributed by atoms with E-state index in [1.54, 1.807) is 18.2 Å². The van der Waals surface area contributed by atoms with Crippen LogP contribution in [0.2, 0.25) is 0 Å². The van der Waals surface area contributed by atoms with E-state index in [-0.39, 0.29) is 42.5 Å². The Morgan fingerprint density at radius 1 is 1.06 bits per heavy atom. The molecule has 168 valence electrons. The minimum atomic E-state index is -0.705. The Morgan fingerprint density at radius 2 is 1.69 bits per heavy atom. The van der Waals surface area contributed by atoms with E-state index in [9.17, 15) is 14.7 Å². The van der Waals surface area contributed by atoms with Gasteiger partial charge in [0.25, 0.3) is 0 Å². The minimum absolute atomic E-state index is 0.0760. The van der Waals surface area contributed by atoms with E-state index in [1.165, 1.54) is 14.2 Å². The van der Waals surface area contributed by atoms with Crippen LogP contribution in [-0.4, -0.2) is 44.7 Å². The zero-order valence-corrected chi connectivity index (χ0v) is 17.4. The third kappa shape index (κ3) is 2.94. The summed E-state index contributed by atoms with van der Waals surface area (Å²) in [6.45, 7) is 0.206. The van der Waals surface area contributed by atoms with Crippen molar-refractivity contribution in [1.29, 1.82) is 0 Å². The topological polar surface area (TPSA) is 139 Å². The lowest BCUT2D eigenvalue weighted by Crippen LogP contribution is -2.44. The van der Waals surface area contributed by atoms with Crippen LogP contribution in [0.15, 0.2) is 24.3 Å². The zero-order chi connectivity index (χ0) is 22.6. The molecular formula is C22H22N2O8. The maximum Gasteiger partial charge on any atom is 0.312 e. The molecule has 0 saturated carbocycles. The van der Waals surface area contributed by atoms with E-state index in [0.29, 0.717) is 17.1 Å². The van der Waals surface area contributed by atoms with Crippen molar-refractivity contribution < 1.29 is 38.4 Å². The number of ether oxygens (including phenoxy) is 5. The van der Waals surface area contributed by atoms with E-state index in [0.717, 1.165) is 11.1 Å². The SMILES string of the molecule is COc1cc(C2c3cc4c(cc3C(NC(N)=O)C3COC(=O)C23)OCO4)cc(OC)c1O. The molecule has 5 rings (SSSR count). The second-order valence-electron chi connectivity index (χ2n) is 7.89. The van der Waals surface area contributed by atoms with Crippen LogP contribution in [0.25, 0.3) is 0 Å². The molecule has 0 radical (unpaired) electrons. The third-order valence-corrected chi connectivity index (χ3v) is 6.35. The van der Waals surface area contributed by atoms with Gasteiger partial charge in [-0.15, -0.1) is 0 Å². The number of rotatable bonds is 4. The molecule has 2 aliphatic heterocycles. The highest BCUT2D eigenvalue weighted by Crippen LogP contribution is 2.55. The van der Waals surface area contributed by atoms with Crippen LogP contribution in [0.3, 0.4) is 0 Å². The fraction of sp³-hybridized carbons (Fsp3) is 0.364. The number of methoxy groups -OCH3 is 2. The monoisotopic (exact) mass is 442 g/mol. The van der Waals surface area contributed by atoms with E-state index in [1.807, 2.05) is 6.07 Å². The van der Waals surface area contributed by atoms with Crippen molar-refractivity contribution in [3.63, 3.8) is 0 Å². The number of carbonyl (C=O) groups excluding carboxylic acids is 2. The van der Waals surface area contributed by atoms with E-state index in [4.69, 9.17) is 29.4 Å². The molecule has 2 aromatic rings. The summed E-state index contributed by atoms with van der Waals surface area (Å²) in [5, 5.41) is 13.1. The van der Waals surface area contributed by atoms with Gasteiger partial charge in [-0.1, -0.05) is 0 Å². The molecule has 2 amide bonds. The normalized spacial score (nSPS) is 24.9. The predicted molar refractivity (Wildman–Crippen MR) is 109 cm³/mol. The summed E-state index contributed by atoms with van der Waals surface area (Å²) >= 11 is 0. The average Bonchev–Trinajstić information content (AvgIpc) is 3.39. The Balaban J connectivity index is 1.75. The fourth-order valence-corrected chi connectivity index (χ4v) is 4.99. The number of benzene rings is 2. The van der Waals surface area contributed by atoms with Crippen molar-refractivity contribution in [3.05, 3.63) is 41.0 Å². The quantitative estimate of drug-likeness (QED) is 0.609. The van der Waals surface area contributed by atoms with Crippen LogP contribution in [0.5, 0.6) is 28.7 Å². The van der Waals surface area contributed by atoms with Crippen molar-refractivity contribution in [2.45, 2.75) is 12.0 Å². The van der Waals surface area contributed by atoms with E-state index in [2.05, 4.69) is 5.32 Å². The first-order valence-electron chi connectivity index (χ1n) is 10.0. The number of nitrogens with one attached hydrogen (secondary N) is 1. The van der Waals surface area contributed by atoms with Crippen LogP contribution >= 0.6 is 0 Å². The Bertz CT molecular complexity index is 1090. The fourth-order valence-electron chi connectivity index (χ4n) is 4.99. The van der Waals surface area contributed by atoms with Gasteiger partial charge in [-0.2, -0.15) is 0 Å². The number of cyclic esters (lactones) is 1. The highest BCUT2D eigenvalue weighted by atomic mass is 16.7. The van der Waals surface area contributed by atoms with Gasteiger partial charge in [0.05, 0.1) is 32.8 Å². The number of urea groups is 1. The van der Waals surface area contributed by atoms with Crippen LogP contribution in [0, 0.1) is 11.8 Å². The summed E-state index contributed by atoms with van der Waals surface area (Å²) in [6.07, 6.45) is 0. The third-order valence-electron chi connectivity index (χ3n) is 6.35. The van der Waals surface area contributed by atoms with Gasteiger partial charge in [-0.3, -0.25) is 4.79 Å². The zero-order valence-electron chi connectivity index (χ0n) is 17.4. The van der Waals surface area contributed by atoms with Crippen LogP contribution in [-0.2, 0) is 9.53 Å². The van der Waals surface area contributed by atoms with Gasteiger partial charge in [-0.05, 0) is 41.0 Å². The van der Waals surface area contributed by atoms with Crippen LogP contribution in [0.1, 0.15) is 28.7 Å². The Morgan fingerprint density at radius 3 is 2.28 bits per heavy atom. The number of hydrogen-bond acceptors (Lipinski definition) is 8. The molecule has 1 fully saturated rings. The molecule has 4 atom stereocenters. The first kappa shape index (κ1) is 20.1. The summed E-state index contributed by atoms with van der Waals surface area (Å²) in [6, 6.07) is 5.70. The van der Waals surface area contributed by atoms with Gasteiger partial charge in [-0.25, -0.2) is 4.79 Å². The maximum absolute atomic E-state index is 12.9. The molecule has 1 aliphatic carbocycles. The molecule has 4 unspecified atom stereocenters. The number of esters is 1. The molecule has 1 saturated heterocycles. The highest BCUT2D eigenvalue weighted by Gasteiger charge is 2.53. The van der Waals surface area contributed by atoms with Crippen molar-refractivity contribution in [1.82, 2.24) is 5.32 Å². The smallest absolute Gasteiger partial charge is 0.312 e. The molecule has 3 aliphatic rings. The number of fused-ring (bicyclic) bond motifs is 3. The lowest BCUT2D eigenvalue weighted by Gasteiger charge is -2.39. The standard InChI is InChI=1S/C22H22N2O8/c1-28-15-3-9(4-16(29-2)20(15)25)17-10-5-13-14(32-8-31-13)6-11(10)19(24-22(23)27)12-7-30-21(26)18(12)17/h3-6,12,17-19,25H,7-8H2,1-2H3,(H3,23,24,27). The number of phenolic OH excluding ortho intramolecular Hbond substituents is 1. The Labute approximate surface area is 183 Å². The van der Waals surface area contributed by atoms with Crippen molar-refractivity contribution >= 4 is 12.0 Å². The lowest BCUT2D eigenvalue weighted by atomic mass is 9.65. The summed E-state index contributed by atoms with van der Waals surface area (Å²) in [5.74, 6) is -0.475. The lowest BCUT2D eigenvalue weighted by molar-refractivity contribution is -0.141. The number of nitrogens with two attached hydrogens (primary N) is 1. The number of aromatic hydroxyl groups is 1. The van der Waals surface area contributed by atoms with Gasteiger partial charge in [0.15, 0.2) is 23.0 Å². The number of primary amides is 1. The van der Waals surface area contributed by atoms with Crippen molar-refractivity contribution in [2.24, 2.45) is 17.6 Å². The summed E-state index contributed by atoms with van der Waals surface area (Å²) in [4.78, 5) is 24.7. The molecule has 32 heavy (non-hydrogen) atoms. The predicted octanol–water partition coefficient (Wildman–Crippen LogP) is 1.78. The van der Waals surface area contributed by atoms with Crippen LogP contribution in [0.4, 0.5) is 4.79 Å². The first-order chi connectivity index (χ1) is 15.4. The summed E-state index contributed by atoms with van der Waals surface area (Å²) in [7, 11) is 2.87. The number of amides is 2. The Hall–Kier alpha value is -3.82. The van der Waals surface area contributed by atoms with Gasteiger partial charge in [0.2, 0.25) is 12.5 Å². The van der Waals surface area contributed by atoms with Crippen molar-refractivity contribution in [3.8, 4) is 28.7 Å². The maximum atomic E-state index is 12.9. The van der Waals surface area contributed by atoms with Gasteiger partial charge < -0.3 is 39.8 Å². The largest absolute Gasteiger partial charge is 0.502 e. The van der Waals surface area contributed by atoms with Gasteiger partial charge >= 0.3 is 12.0 Å². The van der Waals surface area contributed by atoms with Gasteiger partial charge in [0.1, 0.15) is 0 Å². The molecular weight excluding hydrogens is 420 g/mol. The number of hydrogen-bond donors (Lipinski definition) is 3. The van der Waals surface area contributed by atoms with Crippen molar-refractivity contribution in [2.75, 3.05) is 27.6 Å². The first-order valence-corrected chi connectivity index (χ1v) is 10.0. The highest BCUT2D eigenvalue weighted by molar-refractivity contribution is 5.80. The Kier molecular flexibility index (Phi) is 4.65. The molecule has 0 spiro atoms. The second kappa shape index (κ2) is 7.40. The molecule has 10 heteroatoms. The molecule has 2 heterocycles.